The lowest BCUT2D eigenvalue weighted by Crippen LogP contribution is -2.12. The van der Waals surface area contributed by atoms with Crippen LogP contribution in [0, 0.1) is 0 Å². The van der Waals surface area contributed by atoms with Gasteiger partial charge in [-0.3, -0.25) is 9.59 Å². The predicted molar refractivity (Wildman–Crippen MR) is 110 cm³/mol. The van der Waals surface area contributed by atoms with Crippen molar-refractivity contribution < 1.29 is 19.4 Å². The van der Waals surface area contributed by atoms with E-state index in [9.17, 15) is 14.7 Å². The molecule has 0 aliphatic heterocycles. The predicted octanol–water partition coefficient (Wildman–Crippen LogP) is 4.31. The summed E-state index contributed by atoms with van der Waals surface area (Å²) in [6, 6.07) is 14.3. The summed E-state index contributed by atoms with van der Waals surface area (Å²) in [6.07, 6.45) is -0.107. The Morgan fingerprint density at radius 2 is 1.83 bits per heavy atom. The van der Waals surface area contributed by atoms with Crippen molar-refractivity contribution in [2.24, 2.45) is 17.3 Å². The van der Waals surface area contributed by atoms with Crippen LogP contribution in [0.3, 0.4) is 0 Å². The molecule has 150 valence electrons. The first-order valence-electron chi connectivity index (χ1n) is 9.23. The van der Waals surface area contributed by atoms with Gasteiger partial charge in [0.1, 0.15) is 5.75 Å². The van der Waals surface area contributed by atoms with E-state index >= 15 is 0 Å². The zero-order chi connectivity index (χ0) is 20.8. The van der Waals surface area contributed by atoms with Gasteiger partial charge in [-0.1, -0.05) is 18.2 Å². The third kappa shape index (κ3) is 4.78. The molecule has 3 aromatic rings. The Kier molecular flexibility index (Phi) is 6.23. The number of hydrogen-bond donors (Lipinski definition) is 2. The summed E-state index contributed by atoms with van der Waals surface area (Å²) in [5.41, 5.74) is 1.63. The van der Waals surface area contributed by atoms with Crippen LogP contribution in [0.25, 0.3) is 10.9 Å². The molecular weight excluding hydrogens is 372 g/mol. The molecule has 2 N–H and O–H groups in total. The lowest BCUT2D eigenvalue weighted by molar-refractivity contribution is -0.122. The van der Waals surface area contributed by atoms with Crippen molar-refractivity contribution in [1.29, 1.82) is 0 Å². The van der Waals surface area contributed by atoms with Gasteiger partial charge >= 0.3 is 0 Å². The van der Waals surface area contributed by atoms with Crippen LogP contribution in [0.1, 0.15) is 19.8 Å². The van der Waals surface area contributed by atoms with E-state index in [1.807, 2.05) is 25.1 Å². The summed E-state index contributed by atoms with van der Waals surface area (Å²) < 4.78 is 6.91. The number of carbonyl (C=O) groups is 2. The molecule has 0 fully saturated rings. The molecule has 0 aliphatic rings. The number of hydrogen-bond acceptors (Lipinski definition) is 5. The van der Waals surface area contributed by atoms with Crippen LogP contribution in [-0.4, -0.2) is 28.1 Å². The van der Waals surface area contributed by atoms with Gasteiger partial charge in [-0.05, 0) is 37.3 Å². The monoisotopic (exact) mass is 394 g/mol. The van der Waals surface area contributed by atoms with Gasteiger partial charge in [-0.25, -0.2) is 0 Å². The molecule has 0 saturated carbocycles. The second-order valence-electron chi connectivity index (χ2n) is 6.35. The fraction of sp³-hybridized carbons (Fsp3) is 0.238. The van der Waals surface area contributed by atoms with E-state index in [1.54, 1.807) is 41.9 Å². The van der Waals surface area contributed by atoms with E-state index < -0.39 is 5.91 Å². The molecule has 0 spiro atoms. The van der Waals surface area contributed by atoms with Crippen LogP contribution in [-0.2, 0) is 16.6 Å². The molecule has 1 aromatic heterocycles. The highest BCUT2D eigenvalue weighted by atomic mass is 16.5. The highest BCUT2D eigenvalue weighted by molar-refractivity contribution is 5.95. The number of fused-ring (bicyclic) bond motifs is 1. The summed E-state index contributed by atoms with van der Waals surface area (Å²) in [4.78, 5) is 24.0. The van der Waals surface area contributed by atoms with Crippen LogP contribution in [0.15, 0.2) is 58.8 Å². The Labute approximate surface area is 167 Å². The number of nitrogens with zero attached hydrogens (tertiary/aromatic N) is 3. The van der Waals surface area contributed by atoms with Crippen LogP contribution >= 0.6 is 0 Å². The highest BCUT2D eigenvalue weighted by Gasteiger charge is 2.14. The second kappa shape index (κ2) is 9.01. The van der Waals surface area contributed by atoms with Crippen molar-refractivity contribution in [3.8, 4) is 11.6 Å². The molecule has 3 rings (SSSR count). The van der Waals surface area contributed by atoms with E-state index in [1.165, 1.54) is 0 Å². The maximum atomic E-state index is 12.0. The summed E-state index contributed by atoms with van der Waals surface area (Å²) in [5.74, 6) is -0.196. The molecule has 29 heavy (non-hydrogen) atoms. The third-order valence-electron chi connectivity index (χ3n) is 4.33. The van der Waals surface area contributed by atoms with Crippen LogP contribution in [0.2, 0.25) is 0 Å². The molecule has 0 saturated heterocycles. The molecule has 0 unspecified atom stereocenters. The largest absolute Gasteiger partial charge is 0.494 e. The quantitative estimate of drug-likeness (QED) is 0.582. The number of benzene rings is 2. The van der Waals surface area contributed by atoms with Crippen molar-refractivity contribution >= 4 is 34.1 Å². The minimum atomic E-state index is -0.542. The van der Waals surface area contributed by atoms with Crippen LogP contribution in [0.4, 0.5) is 11.4 Å². The maximum Gasteiger partial charge on any atom is 0.265 e. The van der Waals surface area contributed by atoms with Crippen molar-refractivity contribution in [3.63, 3.8) is 0 Å². The number of amides is 2. The van der Waals surface area contributed by atoms with E-state index in [0.717, 1.165) is 11.3 Å². The number of nitrogens with one attached hydrogen (secondary N) is 1. The maximum absolute atomic E-state index is 12.0. The first kappa shape index (κ1) is 20.1. The molecule has 0 aliphatic carbocycles. The summed E-state index contributed by atoms with van der Waals surface area (Å²) in [7, 11) is 1.70. The second-order valence-corrected chi connectivity index (χ2v) is 6.35. The van der Waals surface area contributed by atoms with Gasteiger partial charge in [0.25, 0.3) is 5.91 Å². The van der Waals surface area contributed by atoms with Crippen molar-refractivity contribution in [2.75, 3.05) is 11.9 Å². The molecule has 8 nitrogen and oxygen atoms in total. The number of para-hydroxylation sites is 1. The lowest BCUT2D eigenvalue weighted by atomic mass is 10.2. The topological polar surface area (TPSA) is 105 Å². The van der Waals surface area contributed by atoms with Crippen molar-refractivity contribution in [2.45, 2.75) is 19.8 Å². The molecule has 0 radical (unpaired) electrons. The van der Waals surface area contributed by atoms with Gasteiger partial charge in [0, 0.05) is 31.0 Å². The lowest BCUT2D eigenvalue weighted by Gasteiger charge is -2.06. The molecule has 0 atom stereocenters. The molecule has 1 heterocycles. The number of ether oxygens (including phenoxy) is 1. The van der Waals surface area contributed by atoms with E-state index in [0.29, 0.717) is 17.7 Å². The summed E-state index contributed by atoms with van der Waals surface area (Å²) in [5, 5.41) is 21.2. The van der Waals surface area contributed by atoms with Crippen LogP contribution in [0.5, 0.6) is 11.6 Å². The number of aromatic nitrogens is 1. The Balaban J connectivity index is 1.56. The molecular formula is C21H22N4O4. The minimum absolute atomic E-state index is 0.0212. The van der Waals surface area contributed by atoms with Crippen LogP contribution < -0.4 is 10.1 Å². The van der Waals surface area contributed by atoms with E-state index in [-0.39, 0.29) is 30.3 Å². The Morgan fingerprint density at radius 1 is 1.10 bits per heavy atom. The number of aromatic hydroxyl groups is 1. The number of rotatable bonds is 7. The van der Waals surface area contributed by atoms with Gasteiger partial charge in [0.15, 0.2) is 5.69 Å². The number of azo groups is 1. The highest BCUT2D eigenvalue weighted by Crippen LogP contribution is 2.37. The average Bonchev–Trinajstić information content (AvgIpc) is 2.97. The van der Waals surface area contributed by atoms with Gasteiger partial charge in [0.05, 0.1) is 12.1 Å². The summed E-state index contributed by atoms with van der Waals surface area (Å²) in [6.45, 7) is 2.46. The third-order valence-corrected chi connectivity index (χ3v) is 4.33. The number of carbonyl (C=O) groups excluding carboxylic acids is 2. The minimum Gasteiger partial charge on any atom is -0.494 e. The van der Waals surface area contributed by atoms with Gasteiger partial charge in [-0.15, -0.1) is 10.2 Å². The fourth-order valence-corrected chi connectivity index (χ4v) is 2.86. The normalized spacial score (nSPS) is 11.1. The molecule has 2 amide bonds. The van der Waals surface area contributed by atoms with E-state index in [4.69, 9.17) is 4.74 Å². The Bertz CT molecular complexity index is 1050. The molecule has 0 bridgehead atoms. The SMILES string of the molecule is CCOc1ccc(NC(=O)CCC(=O)N=Nc2c(O)n(C)c3ccccc23)cc1. The number of anilines is 1. The zero-order valence-electron chi connectivity index (χ0n) is 16.3. The van der Waals surface area contributed by atoms with Gasteiger partial charge in [-0.2, -0.15) is 0 Å². The zero-order valence-corrected chi connectivity index (χ0v) is 16.3. The number of aryl methyl sites for hydroxylation is 1. The first-order valence-corrected chi connectivity index (χ1v) is 9.23. The van der Waals surface area contributed by atoms with Gasteiger partial charge in [0.2, 0.25) is 11.8 Å². The molecule has 2 aromatic carbocycles. The van der Waals surface area contributed by atoms with Gasteiger partial charge < -0.3 is 19.7 Å². The summed E-state index contributed by atoms with van der Waals surface area (Å²) >= 11 is 0. The Hall–Kier alpha value is -3.68. The molecule has 8 heteroatoms. The standard InChI is InChI=1S/C21H22N4O4/c1-3-29-15-10-8-14(9-11-15)22-18(26)12-13-19(27)23-24-20-16-6-4-5-7-17(16)25(2)21(20)28/h4-11,28H,3,12-13H2,1-2H3,(H,22,26). The Morgan fingerprint density at radius 3 is 2.55 bits per heavy atom. The smallest absolute Gasteiger partial charge is 0.265 e. The van der Waals surface area contributed by atoms with Crippen molar-refractivity contribution in [1.82, 2.24) is 4.57 Å². The fourth-order valence-electron chi connectivity index (χ4n) is 2.86. The average molecular weight is 394 g/mol. The van der Waals surface area contributed by atoms with E-state index in [2.05, 4.69) is 15.5 Å². The van der Waals surface area contributed by atoms with Crippen molar-refractivity contribution in [3.05, 3.63) is 48.5 Å². The first-order chi connectivity index (χ1) is 14.0.